The molecule has 1 fully saturated rings. The van der Waals surface area contributed by atoms with Crippen LogP contribution in [0.25, 0.3) is 0 Å². The molecule has 1 saturated heterocycles. The van der Waals surface area contributed by atoms with E-state index in [2.05, 4.69) is 4.74 Å². The van der Waals surface area contributed by atoms with Crippen LogP contribution in [0.1, 0.15) is 19.8 Å². The second kappa shape index (κ2) is 5.10. The van der Waals surface area contributed by atoms with Crippen LogP contribution in [0.15, 0.2) is 0 Å². The number of hydrogen-bond donors (Lipinski definition) is 0. The number of Topliss-reactive ketones (excluding diaryl/α,β-unsaturated/α-hetero) is 1. The van der Waals surface area contributed by atoms with Crippen LogP contribution in [0.2, 0.25) is 0 Å². The number of carbonyl (C=O) groups is 2. The largest absolute Gasteiger partial charge is 0.468 e. The van der Waals surface area contributed by atoms with Crippen molar-refractivity contribution in [3.05, 3.63) is 0 Å². The third-order valence-electron chi connectivity index (χ3n) is 2.61. The fraction of sp³-hybridized carbons (Fsp3) is 0.800. The minimum atomic E-state index is -0.636. The highest BCUT2D eigenvalue weighted by molar-refractivity contribution is 5.99. The normalized spacial score (nSPS) is 20.1. The number of ether oxygens (including phenoxy) is 2. The van der Waals surface area contributed by atoms with Crippen molar-refractivity contribution in [3.8, 4) is 0 Å². The Balaban J connectivity index is 2.50. The molecule has 14 heavy (non-hydrogen) atoms. The zero-order valence-corrected chi connectivity index (χ0v) is 8.62. The minimum Gasteiger partial charge on any atom is -0.468 e. The lowest BCUT2D eigenvalue weighted by molar-refractivity contribution is -0.150. The topological polar surface area (TPSA) is 52.6 Å². The summed E-state index contributed by atoms with van der Waals surface area (Å²) in [6.07, 6.45) is 1.44. The molecule has 1 atom stereocenters. The third kappa shape index (κ3) is 2.54. The summed E-state index contributed by atoms with van der Waals surface area (Å²) in [4.78, 5) is 22.9. The molecule has 4 heteroatoms. The SMILES string of the molecule is COC(=O)C(C)C(=O)C1CCOCC1. The van der Waals surface area contributed by atoms with Gasteiger partial charge in [-0.1, -0.05) is 0 Å². The smallest absolute Gasteiger partial charge is 0.315 e. The monoisotopic (exact) mass is 200 g/mol. The van der Waals surface area contributed by atoms with Crippen molar-refractivity contribution in [2.24, 2.45) is 11.8 Å². The minimum absolute atomic E-state index is 0.0137. The molecular formula is C10H16O4. The maximum absolute atomic E-state index is 11.7. The van der Waals surface area contributed by atoms with Crippen molar-refractivity contribution in [1.29, 1.82) is 0 Å². The first kappa shape index (κ1) is 11.2. The summed E-state index contributed by atoms with van der Waals surface area (Å²) in [5.41, 5.74) is 0. The lowest BCUT2D eigenvalue weighted by atomic mass is 9.88. The quantitative estimate of drug-likeness (QED) is 0.499. The van der Waals surface area contributed by atoms with Crippen molar-refractivity contribution in [3.63, 3.8) is 0 Å². The van der Waals surface area contributed by atoms with Gasteiger partial charge in [-0.2, -0.15) is 0 Å². The number of rotatable bonds is 3. The van der Waals surface area contributed by atoms with Crippen LogP contribution < -0.4 is 0 Å². The maximum atomic E-state index is 11.7. The molecule has 80 valence electrons. The van der Waals surface area contributed by atoms with Gasteiger partial charge in [-0.3, -0.25) is 9.59 Å². The van der Waals surface area contributed by atoms with Crippen molar-refractivity contribution >= 4 is 11.8 Å². The first-order valence-electron chi connectivity index (χ1n) is 4.86. The van der Waals surface area contributed by atoms with Gasteiger partial charge >= 0.3 is 5.97 Å². The van der Waals surface area contributed by atoms with Crippen molar-refractivity contribution in [1.82, 2.24) is 0 Å². The van der Waals surface area contributed by atoms with E-state index >= 15 is 0 Å². The van der Waals surface area contributed by atoms with Crippen molar-refractivity contribution in [2.75, 3.05) is 20.3 Å². The predicted molar refractivity (Wildman–Crippen MR) is 49.7 cm³/mol. The number of carbonyl (C=O) groups excluding carboxylic acids is 2. The van der Waals surface area contributed by atoms with E-state index in [1.165, 1.54) is 7.11 Å². The molecule has 1 rings (SSSR count). The van der Waals surface area contributed by atoms with Gasteiger partial charge in [-0.15, -0.1) is 0 Å². The molecule has 0 amide bonds. The van der Waals surface area contributed by atoms with Crippen molar-refractivity contribution in [2.45, 2.75) is 19.8 Å². The highest BCUT2D eigenvalue weighted by atomic mass is 16.5. The Bertz CT molecular complexity index is 218. The van der Waals surface area contributed by atoms with Gasteiger partial charge < -0.3 is 9.47 Å². The van der Waals surface area contributed by atoms with Crippen LogP contribution in [-0.4, -0.2) is 32.1 Å². The van der Waals surface area contributed by atoms with Gasteiger partial charge in [0.2, 0.25) is 0 Å². The summed E-state index contributed by atoms with van der Waals surface area (Å²) in [5.74, 6) is -1.12. The molecule has 1 aliphatic heterocycles. The van der Waals surface area contributed by atoms with Gasteiger partial charge in [-0.25, -0.2) is 0 Å². The Labute approximate surface area is 83.6 Å². The summed E-state index contributed by atoms with van der Waals surface area (Å²) in [5, 5.41) is 0. The predicted octanol–water partition coefficient (Wildman–Crippen LogP) is 0.791. The van der Waals surface area contributed by atoms with E-state index in [1.54, 1.807) is 6.92 Å². The summed E-state index contributed by atoms with van der Waals surface area (Å²) in [6.45, 7) is 2.83. The standard InChI is InChI=1S/C10H16O4/c1-7(10(12)13-2)9(11)8-3-5-14-6-4-8/h7-8H,3-6H2,1-2H3. The average Bonchev–Trinajstić information content (AvgIpc) is 2.27. The van der Waals surface area contributed by atoms with Crippen LogP contribution >= 0.6 is 0 Å². The Morgan fingerprint density at radius 2 is 1.93 bits per heavy atom. The van der Waals surface area contributed by atoms with Crippen molar-refractivity contribution < 1.29 is 19.1 Å². The molecule has 0 saturated carbocycles. The number of ketones is 1. The Kier molecular flexibility index (Phi) is 4.07. The fourth-order valence-electron chi connectivity index (χ4n) is 1.63. The molecule has 4 nitrogen and oxygen atoms in total. The van der Waals surface area contributed by atoms with Gasteiger partial charge in [0.25, 0.3) is 0 Å². The Hall–Kier alpha value is -0.900. The fourth-order valence-corrected chi connectivity index (χ4v) is 1.63. The molecule has 1 heterocycles. The molecule has 1 aliphatic rings. The van der Waals surface area contributed by atoms with Gasteiger partial charge in [0.15, 0.2) is 0 Å². The molecule has 0 aromatic rings. The van der Waals surface area contributed by atoms with E-state index in [4.69, 9.17) is 4.74 Å². The number of methoxy groups -OCH3 is 1. The number of hydrogen-bond acceptors (Lipinski definition) is 4. The van der Waals surface area contributed by atoms with E-state index in [-0.39, 0.29) is 11.7 Å². The van der Waals surface area contributed by atoms with Crippen LogP contribution in [0.5, 0.6) is 0 Å². The summed E-state index contributed by atoms with van der Waals surface area (Å²) in [6, 6.07) is 0. The highest BCUT2D eigenvalue weighted by Crippen LogP contribution is 2.20. The second-order valence-corrected chi connectivity index (χ2v) is 3.53. The Morgan fingerprint density at radius 3 is 2.43 bits per heavy atom. The Morgan fingerprint density at radius 1 is 1.36 bits per heavy atom. The van der Waals surface area contributed by atoms with Crippen LogP contribution in [0, 0.1) is 11.8 Å². The maximum Gasteiger partial charge on any atom is 0.315 e. The van der Waals surface area contributed by atoms with Gasteiger partial charge in [-0.05, 0) is 19.8 Å². The summed E-state index contributed by atoms with van der Waals surface area (Å²) in [7, 11) is 1.30. The zero-order chi connectivity index (χ0) is 10.6. The van der Waals surface area contributed by atoms with Gasteiger partial charge in [0.05, 0.1) is 7.11 Å². The lowest BCUT2D eigenvalue weighted by Gasteiger charge is -2.22. The van der Waals surface area contributed by atoms with Crippen LogP contribution in [0.3, 0.4) is 0 Å². The number of esters is 1. The second-order valence-electron chi connectivity index (χ2n) is 3.53. The molecule has 0 radical (unpaired) electrons. The van der Waals surface area contributed by atoms with Crippen LogP contribution in [-0.2, 0) is 19.1 Å². The molecule has 0 aliphatic carbocycles. The molecule has 0 spiro atoms. The molecule has 0 aromatic carbocycles. The van der Waals surface area contributed by atoms with E-state index in [9.17, 15) is 9.59 Å². The summed E-state index contributed by atoms with van der Waals surface area (Å²) < 4.78 is 9.68. The summed E-state index contributed by atoms with van der Waals surface area (Å²) >= 11 is 0. The van der Waals surface area contributed by atoms with E-state index in [0.717, 1.165) is 12.8 Å². The van der Waals surface area contributed by atoms with Gasteiger partial charge in [0, 0.05) is 19.1 Å². The molecular weight excluding hydrogens is 184 g/mol. The zero-order valence-electron chi connectivity index (χ0n) is 8.62. The van der Waals surface area contributed by atoms with Crippen LogP contribution in [0.4, 0.5) is 0 Å². The van der Waals surface area contributed by atoms with Gasteiger partial charge in [0.1, 0.15) is 11.7 Å². The molecule has 1 unspecified atom stereocenters. The molecule has 0 aromatic heterocycles. The van der Waals surface area contributed by atoms with E-state index in [1.807, 2.05) is 0 Å². The lowest BCUT2D eigenvalue weighted by Crippen LogP contribution is -2.32. The average molecular weight is 200 g/mol. The highest BCUT2D eigenvalue weighted by Gasteiger charge is 2.30. The van der Waals surface area contributed by atoms with E-state index in [0.29, 0.717) is 13.2 Å². The first-order chi connectivity index (χ1) is 6.66. The third-order valence-corrected chi connectivity index (χ3v) is 2.61. The van der Waals surface area contributed by atoms with E-state index < -0.39 is 11.9 Å². The molecule has 0 N–H and O–H groups in total. The first-order valence-corrected chi connectivity index (χ1v) is 4.86. The molecule has 0 bridgehead atoms.